The van der Waals surface area contributed by atoms with Crippen LogP contribution in [0.3, 0.4) is 0 Å². The first-order valence-corrected chi connectivity index (χ1v) is 10.4. The normalized spacial score (nSPS) is 26.1. The first-order chi connectivity index (χ1) is 13.4. The van der Waals surface area contributed by atoms with Crippen molar-refractivity contribution in [3.63, 3.8) is 0 Å². The average molecular weight is 388 g/mol. The molecule has 0 unspecified atom stereocenters. The summed E-state index contributed by atoms with van der Waals surface area (Å²) in [5, 5.41) is 3.04. The smallest absolute Gasteiger partial charge is 0.225 e. The van der Waals surface area contributed by atoms with Crippen LogP contribution in [-0.4, -0.2) is 60.0 Å². The van der Waals surface area contributed by atoms with Gasteiger partial charge in [0.05, 0.1) is 18.1 Å². The van der Waals surface area contributed by atoms with E-state index in [2.05, 4.69) is 48.3 Å². The van der Waals surface area contributed by atoms with Crippen molar-refractivity contribution in [3.05, 3.63) is 35.4 Å². The minimum Gasteiger partial charge on any atom is -0.373 e. The van der Waals surface area contributed by atoms with Crippen LogP contribution >= 0.6 is 0 Å². The lowest BCUT2D eigenvalue weighted by Crippen LogP contribution is -2.44. The minimum absolute atomic E-state index is 0.0475. The lowest BCUT2D eigenvalue weighted by atomic mass is 9.97. The predicted molar refractivity (Wildman–Crippen MR) is 109 cm³/mol. The van der Waals surface area contributed by atoms with Crippen LogP contribution in [0.25, 0.3) is 0 Å². The summed E-state index contributed by atoms with van der Waals surface area (Å²) in [7, 11) is 0. The summed E-state index contributed by atoms with van der Waals surface area (Å²) in [4.78, 5) is 28.2. The van der Waals surface area contributed by atoms with Crippen LogP contribution < -0.4 is 5.32 Å². The van der Waals surface area contributed by atoms with Crippen molar-refractivity contribution >= 4 is 11.8 Å². The van der Waals surface area contributed by atoms with Gasteiger partial charge in [0, 0.05) is 46.2 Å². The minimum atomic E-state index is -0.0952. The second kappa shape index (κ2) is 9.52. The van der Waals surface area contributed by atoms with Crippen molar-refractivity contribution in [1.82, 2.24) is 15.1 Å². The van der Waals surface area contributed by atoms with Crippen molar-refractivity contribution in [2.45, 2.75) is 58.9 Å². The second-order valence-corrected chi connectivity index (χ2v) is 8.29. The average Bonchev–Trinajstić information content (AvgIpc) is 2.66. The van der Waals surface area contributed by atoms with Crippen LogP contribution in [0, 0.1) is 5.92 Å². The Labute approximate surface area is 168 Å². The molecule has 0 aliphatic carbocycles. The van der Waals surface area contributed by atoms with E-state index in [-0.39, 0.29) is 29.9 Å². The molecule has 28 heavy (non-hydrogen) atoms. The quantitative estimate of drug-likeness (QED) is 0.841. The summed E-state index contributed by atoms with van der Waals surface area (Å²) in [6.45, 7) is 10.5. The fourth-order valence-corrected chi connectivity index (χ4v) is 4.24. The van der Waals surface area contributed by atoms with Gasteiger partial charge >= 0.3 is 0 Å². The Bertz CT molecular complexity index is 666. The van der Waals surface area contributed by atoms with Crippen LogP contribution in [0.5, 0.6) is 0 Å². The largest absolute Gasteiger partial charge is 0.373 e. The molecule has 0 radical (unpaired) electrons. The Balaban J connectivity index is 1.46. The molecule has 2 amide bonds. The van der Waals surface area contributed by atoms with E-state index < -0.39 is 0 Å². The van der Waals surface area contributed by atoms with Crippen LogP contribution in [0.1, 0.15) is 44.7 Å². The number of carbonyl (C=O) groups is 2. The Kier molecular flexibility index (Phi) is 7.08. The topological polar surface area (TPSA) is 61.9 Å². The molecular weight excluding hydrogens is 354 g/mol. The molecule has 2 aliphatic heterocycles. The number of nitrogens with one attached hydrogen (secondary N) is 1. The Morgan fingerprint density at radius 3 is 2.36 bits per heavy atom. The van der Waals surface area contributed by atoms with Gasteiger partial charge in [-0.15, -0.1) is 0 Å². The number of piperidine rings is 1. The number of carbonyl (C=O) groups excluding carboxylic acids is 2. The molecule has 0 bridgehead atoms. The molecule has 3 rings (SSSR count). The Morgan fingerprint density at radius 1 is 1.07 bits per heavy atom. The van der Waals surface area contributed by atoms with Gasteiger partial charge in [-0.25, -0.2) is 0 Å². The fraction of sp³-hybridized carbons (Fsp3) is 0.636. The lowest BCUT2D eigenvalue weighted by Gasteiger charge is -2.35. The highest BCUT2D eigenvalue weighted by atomic mass is 16.5. The highest BCUT2D eigenvalue weighted by Crippen LogP contribution is 2.17. The van der Waals surface area contributed by atoms with Crippen molar-refractivity contribution in [3.8, 4) is 0 Å². The molecule has 2 saturated heterocycles. The zero-order valence-electron chi connectivity index (χ0n) is 17.3. The van der Waals surface area contributed by atoms with Gasteiger partial charge in [0.1, 0.15) is 0 Å². The van der Waals surface area contributed by atoms with Gasteiger partial charge in [-0.2, -0.15) is 0 Å². The molecule has 2 fully saturated rings. The summed E-state index contributed by atoms with van der Waals surface area (Å²) in [5.41, 5.74) is 2.38. The van der Waals surface area contributed by atoms with E-state index in [1.165, 1.54) is 5.56 Å². The summed E-state index contributed by atoms with van der Waals surface area (Å²) in [6, 6.07) is 8.46. The highest BCUT2D eigenvalue weighted by Gasteiger charge is 2.26. The van der Waals surface area contributed by atoms with E-state index in [9.17, 15) is 9.59 Å². The van der Waals surface area contributed by atoms with Crippen molar-refractivity contribution < 1.29 is 14.3 Å². The van der Waals surface area contributed by atoms with E-state index in [4.69, 9.17) is 4.74 Å². The first kappa shape index (κ1) is 20.8. The Hall–Kier alpha value is -1.92. The molecule has 1 aromatic rings. The van der Waals surface area contributed by atoms with Crippen LogP contribution in [0.2, 0.25) is 0 Å². The number of likely N-dealkylation sites (tertiary alicyclic amines) is 1. The molecule has 0 saturated carbocycles. The van der Waals surface area contributed by atoms with E-state index in [1.807, 2.05) is 0 Å². The SMILES string of the molecule is CC(=O)N1CCC[C@@H](C(=O)NCc2ccc(CN3C[C@@H](C)O[C@@H](C)C3)cc2)C1. The van der Waals surface area contributed by atoms with Crippen LogP contribution in [-0.2, 0) is 27.4 Å². The van der Waals surface area contributed by atoms with Gasteiger partial charge in [0.25, 0.3) is 0 Å². The third kappa shape index (κ3) is 5.79. The number of rotatable bonds is 5. The maximum atomic E-state index is 12.5. The molecule has 0 aromatic heterocycles. The monoisotopic (exact) mass is 387 g/mol. The van der Waals surface area contributed by atoms with Crippen LogP contribution in [0.4, 0.5) is 0 Å². The molecule has 154 valence electrons. The van der Waals surface area contributed by atoms with E-state index in [1.54, 1.807) is 11.8 Å². The molecule has 1 N–H and O–H groups in total. The number of hydrogen-bond acceptors (Lipinski definition) is 4. The molecule has 2 aliphatic rings. The van der Waals surface area contributed by atoms with Crippen molar-refractivity contribution in [1.29, 1.82) is 0 Å². The number of amides is 2. The Morgan fingerprint density at radius 2 is 1.71 bits per heavy atom. The van der Waals surface area contributed by atoms with Gasteiger partial charge in [-0.3, -0.25) is 14.5 Å². The molecule has 3 atom stereocenters. The first-order valence-electron chi connectivity index (χ1n) is 10.4. The van der Waals surface area contributed by atoms with Gasteiger partial charge in [0.15, 0.2) is 0 Å². The van der Waals surface area contributed by atoms with Crippen molar-refractivity contribution in [2.24, 2.45) is 5.92 Å². The van der Waals surface area contributed by atoms with Gasteiger partial charge in [-0.1, -0.05) is 24.3 Å². The zero-order valence-corrected chi connectivity index (χ0v) is 17.3. The number of benzene rings is 1. The summed E-state index contributed by atoms with van der Waals surface area (Å²) in [5.74, 6) is 0.00526. The fourth-order valence-electron chi connectivity index (χ4n) is 4.24. The summed E-state index contributed by atoms with van der Waals surface area (Å²) < 4.78 is 5.79. The van der Waals surface area contributed by atoms with Gasteiger partial charge < -0.3 is 15.0 Å². The zero-order chi connectivity index (χ0) is 20.1. The third-order valence-corrected chi connectivity index (χ3v) is 5.63. The number of nitrogens with zero attached hydrogens (tertiary/aromatic N) is 2. The van der Waals surface area contributed by atoms with Crippen LogP contribution in [0.15, 0.2) is 24.3 Å². The predicted octanol–water partition coefficient (Wildman–Crippen LogP) is 2.17. The summed E-state index contributed by atoms with van der Waals surface area (Å²) in [6.07, 6.45) is 2.30. The number of hydrogen-bond donors (Lipinski definition) is 1. The molecule has 2 heterocycles. The second-order valence-electron chi connectivity index (χ2n) is 8.29. The summed E-state index contributed by atoms with van der Waals surface area (Å²) >= 11 is 0. The maximum absolute atomic E-state index is 12.5. The molecule has 6 nitrogen and oxygen atoms in total. The van der Waals surface area contributed by atoms with E-state index in [0.29, 0.717) is 13.1 Å². The van der Waals surface area contributed by atoms with E-state index >= 15 is 0 Å². The highest BCUT2D eigenvalue weighted by molar-refractivity contribution is 5.80. The lowest BCUT2D eigenvalue weighted by molar-refractivity contribution is -0.134. The number of ether oxygens (including phenoxy) is 1. The van der Waals surface area contributed by atoms with E-state index in [0.717, 1.165) is 44.6 Å². The maximum Gasteiger partial charge on any atom is 0.225 e. The number of morpholine rings is 1. The standard InChI is InChI=1S/C22H33N3O3/c1-16-12-24(13-17(2)28-16)14-20-8-6-19(7-9-20)11-23-22(27)21-5-4-10-25(15-21)18(3)26/h6-9,16-17,21H,4-5,10-15H2,1-3H3,(H,23,27)/t16-,17+,21-/m1/s1. The molecular formula is C22H33N3O3. The van der Waals surface area contributed by atoms with Gasteiger partial charge in [0.2, 0.25) is 11.8 Å². The molecule has 1 aromatic carbocycles. The third-order valence-electron chi connectivity index (χ3n) is 5.63. The van der Waals surface area contributed by atoms with Crippen molar-refractivity contribution in [2.75, 3.05) is 26.2 Å². The molecule has 0 spiro atoms. The molecule has 6 heteroatoms. The van der Waals surface area contributed by atoms with Gasteiger partial charge in [-0.05, 0) is 37.8 Å².